The molecule has 0 saturated carbocycles. The van der Waals surface area contributed by atoms with Crippen LogP contribution < -0.4 is 15.4 Å². The number of rotatable bonds is 4. The highest BCUT2D eigenvalue weighted by atomic mass is 16.5. The summed E-state index contributed by atoms with van der Waals surface area (Å²) in [6.07, 6.45) is 0. The molecule has 1 aromatic rings. The van der Waals surface area contributed by atoms with E-state index in [1.165, 1.54) is 13.2 Å². The summed E-state index contributed by atoms with van der Waals surface area (Å²) >= 11 is 0. The fourth-order valence-electron chi connectivity index (χ4n) is 2.04. The van der Waals surface area contributed by atoms with Crippen LogP contribution in [-0.4, -0.2) is 55.7 Å². The second-order valence-electron chi connectivity index (χ2n) is 4.46. The average Bonchev–Trinajstić information content (AvgIpc) is 2.40. The van der Waals surface area contributed by atoms with Crippen LogP contribution in [0.1, 0.15) is 0 Å². The van der Waals surface area contributed by atoms with E-state index in [4.69, 9.17) is 4.74 Å². The van der Waals surface area contributed by atoms with E-state index in [1.54, 1.807) is 12.1 Å². The maximum atomic E-state index is 11.9. The highest BCUT2D eigenvalue weighted by Gasteiger charge is 2.13. The number of hydrogen-bond acceptors (Lipinski definition) is 5. The number of nitrogens with zero attached hydrogens (tertiary/aromatic N) is 1. The molecule has 1 aliphatic heterocycles. The molecule has 6 heteroatoms. The van der Waals surface area contributed by atoms with E-state index in [1.807, 2.05) is 0 Å². The zero-order valence-corrected chi connectivity index (χ0v) is 11.0. The number of phenolic OH excluding ortho intramolecular Hbond substituents is 1. The number of aromatic hydroxyl groups is 1. The van der Waals surface area contributed by atoms with Crippen molar-refractivity contribution in [2.45, 2.75) is 0 Å². The molecular weight excluding hydrogens is 246 g/mol. The third-order valence-corrected chi connectivity index (χ3v) is 3.04. The van der Waals surface area contributed by atoms with Crippen molar-refractivity contribution in [1.82, 2.24) is 10.2 Å². The van der Waals surface area contributed by atoms with Gasteiger partial charge in [0.15, 0.2) is 11.5 Å². The number of ether oxygens (including phenoxy) is 1. The van der Waals surface area contributed by atoms with Crippen molar-refractivity contribution in [3.05, 3.63) is 18.2 Å². The molecule has 6 nitrogen and oxygen atoms in total. The van der Waals surface area contributed by atoms with Gasteiger partial charge < -0.3 is 20.5 Å². The van der Waals surface area contributed by atoms with Crippen LogP contribution in [0.2, 0.25) is 0 Å². The zero-order chi connectivity index (χ0) is 13.7. The Morgan fingerprint density at radius 3 is 2.84 bits per heavy atom. The third kappa shape index (κ3) is 3.84. The smallest absolute Gasteiger partial charge is 0.238 e. The van der Waals surface area contributed by atoms with Crippen LogP contribution in [-0.2, 0) is 4.79 Å². The predicted octanol–water partition coefficient (Wildman–Crippen LogP) is 0.244. The highest BCUT2D eigenvalue weighted by molar-refractivity contribution is 5.92. The van der Waals surface area contributed by atoms with Gasteiger partial charge in [0.1, 0.15) is 0 Å². The van der Waals surface area contributed by atoms with Crippen molar-refractivity contribution < 1.29 is 14.6 Å². The van der Waals surface area contributed by atoms with Gasteiger partial charge in [0.2, 0.25) is 5.91 Å². The Morgan fingerprint density at radius 1 is 1.47 bits per heavy atom. The van der Waals surface area contributed by atoms with Crippen molar-refractivity contribution in [2.24, 2.45) is 0 Å². The number of carbonyl (C=O) groups excluding carboxylic acids is 1. The third-order valence-electron chi connectivity index (χ3n) is 3.04. The molecule has 1 amide bonds. The molecule has 0 unspecified atom stereocenters. The Labute approximate surface area is 112 Å². The molecule has 1 aliphatic rings. The number of benzene rings is 1. The van der Waals surface area contributed by atoms with Crippen molar-refractivity contribution in [3.63, 3.8) is 0 Å². The van der Waals surface area contributed by atoms with Gasteiger partial charge in [0.05, 0.1) is 13.7 Å². The molecular formula is C13H19N3O3. The number of anilines is 1. The molecule has 1 aromatic carbocycles. The summed E-state index contributed by atoms with van der Waals surface area (Å²) in [6, 6.07) is 4.80. The SMILES string of the molecule is COc1ccc(NC(=O)CN2CCNCC2)cc1O. The second-order valence-corrected chi connectivity index (χ2v) is 4.46. The molecule has 19 heavy (non-hydrogen) atoms. The number of piperazine rings is 1. The first kappa shape index (κ1) is 13.6. The molecule has 3 N–H and O–H groups in total. The Balaban J connectivity index is 1.89. The lowest BCUT2D eigenvalue weighted by atomic mass is 10.2. The maximum absolute atomic E-state index is 11.9. The van der Waals surface area contributed by atoms with Crippen LogP contribution in [0.25, 0.3) is 0 Å². The quantitative estimate of drug-likeness (QED) is 0.727. The Kier molecular flexibility index (Phi) is 4.59. The largest absolute Gasteiger partial charge is 0.504 e. The minimum Gasteiger partial charge on any atom is -0.504 e. The molecule has 1 heterocycles. The Bertz CT molecular complexity index is 445. The fourth-order valence-corrected chi connectivity index (χ4v) is 2.04. The lowest BCUT2D eigenvalue weighted by molar-refractivity contribution is -0.117. The van der Waals surface area contributed by atoms with Crippen molar-refractivity contribution in [2.75, 3.05) is 45.2 Å². The van der Waals surface area contributed by atoms with Gasteiger partial charge in [-0.15, -0.1) is 0 Å². The summed E-state index contributed by atoms with van der Waals surface area (Å²) in [5, 5.41) is 15.6. The van der Waals surface area contributed by atoms with Crippen LogP contribution in [0, 0.1) is 0 Å². The van der Waals surface area contributed by atoms with Crippen LogP contribution in [0.3, 0.4) is 0 Å². The summed E-state index contributed by atoms with van der Waals surface area (Å²) in [4.78, 5) is 14.0. The first-order valence-electron chi connectivity index (χ1n) is 6.29. The number of amides is 1. The zero-order valence-electron chi connectivity index (χ0n) is 11.0. The molecule has 0 bridgehead atoms. The molecule has 0 aliphatic carbocycles. The van der Waals surface area contributed by atoms with Gasteiger partial charge in [-0.2, -0.15) is 0 Å². The lowest BCUT2D eigenvalue weighted by Gasteiger charge is -2.26. The molecule has 1 saturated heterocycles. The maximum Gasteiger partial charge on any atom is 0.238 e. The van der Waals surface area contributed by atoms with Crippen molar-refractivity contribution >= 4 is 11.6 Å². The van der Waals surface area contributed by atoms with Gasteiger partial charge in [0.25, 0.3) is 0 Å². The van der Waals surface area contributed by atoms with Gasteiger partial charge in [-0.3, -0.25) is 9.69 Å². The van der Waals surface area contributed by atoms with E-state index < -0.39 is 0 Å². The van der Waals surface area contributed by atoms with E-state index >= 15 is 0 Å². The number of phenols is 1. The Hall–Kier alpha value is -1.79. The topological polar surface area (TPSA) is 73.8 Å². The van der Waals surface area contributed by atoms with Gasteiger partial charge in [-0.05, 0) is 12.1 Å². The minimum absolute atomic E-state index is 0.0162. The standard InChI is InChI=1S/C13H19N3O3/c1-19-12-3-2-10(8-11(12)17)15-13(18)9-16-6-4-14-5-7-16/h2-3,8,14,17H,4-7,9H2,1H3,(H,15,18). The summed E-state index contributed by atoms with van der Waals surface area (Å²) in [5.74, 6) is 0.328. The Morgan fingerprint density at radius 2 is 2.21 bits per heavy atom. The van der Waals surface area contributed by atoms with Crippen LogP contribution in [0.4, 0.5) is 5.69 Å². The van der Waals surface area contributed by atoms with Crippen LogP contribution in [0.5, 0.6) is 11.5 Å². The molecule has 0 aromatic heterocycles. The number of carbonyl (C=O) groups is 1. The minimum atomic E-state index is -0.0773. The first-order chi connectivity index (χ1) is 9.19. The first-order valence-corrected chi connectivity index (χ1v) is 6.29. The molecule has 0 spiro atoms. The molecule has 0 radical (unpaired) electrons. The lowest BCUT2D eigenvalue weighted by Crippen LogP contribution is -2.46. The summed E-state index contributed by atoms with van der Waals surface area (Å²) in [6.45, 7) is 3.95. The molecule has 0 atom stereocenters. The summed E-state index contributed by atoms with van der Waals surface area (Å²) < 4.78 is 4.95. The number of methoxy groups -OCH3 is 1. The summed E-state index contributed by atoms with van der Waals surface area (Å²) in [5.41, 5.74) is 0.568. The van der Waals surface area contributed by atoms with Gasteiger partial charge in [0, 0.05) is 37.9 Å². The van der Waals surface area contributed by atoms with E-state index in [0.29, 0.717) is 18.0 Å². The van der Waals surface area contributed by atoms with E-state index in [9.17, 15) is 9.90 Å². The number of hydrogen-bond donors (Lipinski definition) is 3. The van der Waals surface area contributed by atoms with Crippen molar-refractivity contribution in [3.8, 4) is 11.5 Å². The van der Waals surface area contributed by atoms with Gasteiger partial charge in [-0.1, -0.05) is 0 Å². The average molecular weight is 265 g/mol. The monoisotopic (exact) mass is 265 g/mol. The van der Waals surface area contributed by atoms with Gasteiger partial charge in [-0.25, -0.2) is 0 Å². The second kappa shape index (κ2) is 6.40. The highest BCUT2D eigenvalue weighted by Crippen LogP contribution is 2.28. The van der Waals surface area contributed by atoms with Crippen molar-refractivity contribution in [1.29, 1.82) is 0 Å². The van der Waals surface area contributed by atoms with E-state index in [0.717, 1.165) is 26.2 Å². The molecule has 2 rings (SSSR count). The fraction of sp³-hybridized carbons (Fsp3) is 0.462. The van der Waals surface area contributed by atoms with Crippen LogP contribution >= 0.6 is 0 Å². The molecule has 104 valence electrons. The van der Waals surface area contributed by atoms with Crippen LogP contribution in [0.15, 0.2) is 18.2 Å². The molecule has 1 fully saturated rings. The summed E-state index contributed by atoms with van der Waals surface area (Å²) in [7, 11) is 1.48. The van der Waals surface area contributed by atoms with E-state index in [-0.39, 0.29) is 11.7 Å². The predicted molar refractivity (Wildman–Crippen MR) is 72.6 cm³/mol. The van der Waals surface area contributed by atoms with Gasteiger partial charge >= 0.3 is 0 Å². The van der Waals surface area contributed by atoms with E-state index in [2.05, 4.69) is 15.5 Å². The number of nitrogens with one attached hydrogen (secondary N) is 2. The normalized spacial score (nSPS) is 16.1.